The number of carboxylic acids is 1. The molecule has 1 heterocycles. The summed E-state index contributed by atoms with van der Waals surface area (Å²) in [5, 5.41) is 9.02. The smallest absolute Gasteiger partial charge is 0.317 e. The van der Waals surface area contributed by atoms with Crippen molar-refractivity contribution in [3.8, 4) is 0 Å². The third-order valence-corrected chi connectivity index (χ3v) is 3.62. The maximum absolute atomic E-state index is 11.0. The van der Waals surface area contributed by atoms with Gasteiger partial charge < -0.3 is 9.84 Å². The van der Waals surface area contributed by atoms with E-state index in [9.17, 15) is 4.79 Å². The lowest BCUT2D eigenvalue weighted by molar-refractivity contribution is -0.141. The highest BCUT2D eigenvalue weighted by Crippen LogP contribution is 2.25. The Morgan fingerprint density at radius 2 is 1.94 bits per heavy atom. The van der Waals surface area contributed by atoms with Gasteiger partial charge in [0, 0.05) is 12.1 Å². The number of rotatable bonds is 5. The average Bonchev–Trinajstić information content (AvgIpc) is 2.23. The van der Waals surface area contributed by atoms with Crippen molar-refractivity contribution in [2.45, 2.75) is 71.2 Å². The summed E-state index contributed by atoms with van der Waals surface area (Å²) >= 11 is 0. The van der Waals surface area contributed by atoms with E-state index in [1.807, 2.05) is 0 Å². The van der Waals surface area contributed by atoms with Crippen molar-refractivity contribution in [3.05, 3.63) is 0 Å². The molecule has 17 heavy (non-hydrogen) atoms. The van der Waals surface area contributed by atoms with E-state index in [1.165, 1.54) is 0 Å². The number of nitrogens with zero attached hydrogens (tertiary/aromatic N) is 1. The predicted molar refractivity (Wildman–Crippen MR) is 67.1 cm³/mol. The number of carboxylic acid groups (broad SMARTS) is 1. The van der Waals surface area contributed by atoms with Crippen molar-refractivity contribution in [2.75, 3.05) is 6.54 Å². The Bertz CT molecular complexity index is 247. The Balaban J connectivity index is 2.70. The molecule has 100 valence electrons. The van der Waals surface area contributed by atoms with Gasteiger partial charge in [0.1, 0.15) is 0 Å². The molecule has 0 aromatic carbocycles. The zero-order valence-electron chi connectivity index (χ0n) is 11.3. The van der Waals surface area contributed by atoms with Crippen LogP contribution in [0.5, 0.6) is 0 Å². The number of aliphatic carboxylic acids is 1. The molecule has 0 aromatic rings. The van der Waals surface area contributed by atoms with Gasteiger partial charge in [0.2, 0.25) is 0 Å². The van der Waals surface area contributed by atoms with Crippen LogP contribution in [0.2, 0.25) is 0 Å². The highest BCUT2D eigenvalue weighted by atomic mass is 16.5. The first kappa shape index (κ1) is 14.5. The van der Waals surface area contributed by atoms with Crippen LogP contribution in [0.1, 0.15) is 47.0 Å². The fourth-order valence-corrected chi connectivity index (χ4v) is 2.68. The molecule has 0 saturated carbocycles. The second-order valence-corrected chi connectivity index (χ2v) is 5.21. The molecule has 4 nitrogen and oxygen atoms in total. The van der Waals surface area contributed by atoms with Crippen molar-refractivity contribution in [1.82, 2.24) is 4.90 Å². The van der Waals surface area contributed by atoms with Crippen LogP contribution >= 0.6 is 0 Å². The maximum Gasteiger partial charge on any atom is 0.317 e. The Hall–Kier alpha value is -0.610. The minimum absolute atomic E-state index is 0.138. The normalized spacial score (nSPS) is 31.5. The number of ether oxygens (including phenoxy) is 1. The second-order valence-electron chi connectivity index (χ2n) is 5.21. The molecular formula is C13H25NO3. The van der Waals surface area contributed by atoms with Gasteiger partial charge in [0.05, 0.1) is 18.8 Å². The second kappa shape index (κ2) is 6.36. The van der Waals surface area contributed by atoms with Crippen LogP contribution in [-0.4, -0.2) is 46.8 Å². The molecule has 0 bridgehead atoms. The van der Waals surface area contributed by atoms with E-state index < -0.39 is 5.97 Å². The summed E-state index contributed by atoms with van der Waals surface area (Å²) in [4.78, 5) is 13.1. The predicted octanol–water partition coefficient (Wildman–Crippen LogP) is 2.13. The van der Waals surface area contributed by atoms with Crippen molar-refractivity contribution in [2.24, 2.45) is 0 Å². The molecule has 1 N–H and O–H groups in total. The molecule has 1 fully saturated rings. The molecule has 0 aromatic heterocycles. The minimum atomic E-state index is -0.739. The van der Waals surface area contributed by atoms with Crippen LogP contribution in [0.25, 0.3) is 0 Å². The Morgan fingerprint density at radius 1 is 1.41 bits per heavy atom. The molecular weight excluding hydrogens is 218 g/mol. The van der Waals surface area contributed by atoms with Crippen LogP contribution in [0.15, 0.2) is 0 Å². The maximum atomic E-state index is 11.0. The Kier molecular flexibility index (Phi) is 5.40. The van der Waals surface area contributed by atoms with Crippen LogP contribution in [-0.2, 0) is 9.53 Å². The van der Waals surface area contributed by atoms with Gasteiger partial charge in [-0.3, -0.25) is 9.69 Å². The van der Waals surface area contributed by atoms with E-state index in [0.29, 0.717) is 12.1 Å². The van der Waals surface area contributed by atoms with Gasteiger partial charge in [-0.25, -0.2) is 0 Å². The summed E-state index contributed by atoms with van der Waals surface area (Å²) < 4.78 is 5.71. The topological polar surface area (TPSA) is 49.8 Å². The van der Waals surface area contributed by atoms with Crippen LogP contribution < -0.4 is 0 Å². The lowest BCUT2D eigenvalue weighted by Crippen LogP contribution is -2.49. The molecule has 0 amide bonds. The third kappa shape index (κ3) is 4.28. The van der Waals surface area contributed by atoms with Crippen LogP contribution in [0.4, 0.5) is 0 Å². The van der Waals surface area contributed by atoms with Gasteiger partial charge in [-0.15, -0.1) is 0 Å². The van der Waals surface area contributed by atoms with Gasteiger partial charge in [0.15, 0.2) is 0 Å². The Labute approximate surface area is 104 Å². The van der Waals surface area contributed by atoms with Gasteiger partial charge in [-0.1, -0.05) is 6.92 Å². The molecule has 3 unspecified atom stereocenters. The van der Waals surface area contributed by atoms with Gasteiger partial charge in [0.25, 0.3) is 0 Å². The van der Waals surface area contributed by atoms with Gasteiger partial charge in [-0.2, -0.15) is 0 Å². The van der Waals surface area contributed by atoms with Crippen molar-refractivity contribution >= 4 is 5.97 Å². The SMILES string of the molecule is CCC(C)N(CC(=O)O)C1CC(C)OC(C)C1. The monoisotopic (exact) mass is 243 g/mol. The van der Waals surface area contributed by atoms with E-state index in [4.69, 9.17) is 9.84 Å². The minimum Gasteiger partial charge on any atom is -0.480 e. The van der Waals surface area contributed by atoms with E-state index >= 15 is 0 Å². The fraction of sp³-hybridized carbons (Fsp3) is 0.923. The molecule has 0 radical (unpaired) electrons. The fourth-order valence-electron chi connectivity index (χ4n) is 2.68. The van der Waals surface area contributed by atoms with Gasteiger partial charge in [-0.05, 0) is 40.0 Å². The standard InChI is InChI=1S/C13H25NO3/c1-5-9(2)14(8-13(15)16)12-6-10(3)17-11(4)7-12/h9-12H,5-8H2,1-4H3,(H,15,16). The summed E-state index contributed by atoms with van der Waals surface area (Å²) in [5.74, 6) is -0.739. The zero-order valence-corrected chi connectivity index (χ0v) is 11.3. The Morgan fingerprint density at radius 3 is 2.35 bits per heavy atom. The van der Waals surface area contributed by atoms with Gasteiger partial charge >= 0.3 is 5.97 Å². The van der Waals surface area contributed by atoms with Crippen LogP contribution in [0.3, 0.4) is 0 Å². The molecule has 1 aliphatic heterocycles. The molecule has 4 heteroatoms. The summed E-state index contributed by atoms with van der Waals surface area (Å²) in [6.45, 7) is 8.48. The van der Waals surface area contributed by atoms with E-state index in [1.54, 1.807) is 0 Å². The first-order chi connectivity index (χ1) is 7.93. The van der Waals surface area contributed by atoms with Crippen molar-refractivity contribution in [3.63, 3.8) is 0 Å². The third-order valence-electron chi connectivity index (χ3n) is 3.62. The lowest BCUT2D eigenvalue weighted by atomic mass is 9.96. The summed E-state index contributed by atoms with van der Waals surface area (Å²) in [6.07, 6.45) is 3.30. The van der Waals surface area contributed by atoms with E-state index in [0.717, 1.165) is 19.3 Å². The highest BCUT2D eigenvalue weighted by Gasteiger charge is 2.31. The molecule has 0 aliphatic carbocycles. The molecule has 3 atom stereocenters. The first-order valence-electron chi connectivity index (χ1n) is 6.57. The summed E-state index contributed by atoms with van der Waals surface area (Å²) in [7, 11) is 0. The molecule has 0 spiro atoms. The van der Waals surface area contributed by atoms with Crippen molar-refractivity contribution in [1.29, 1.82) is 0 Å². The molecule has 1 saturated heterocycles. The highest BCUT2D eigenvalue weighted by molar-refractivity contribution is 5.69. The molecule has 1 rings (SSSR count). The largest absolute Gasteiger partial charge is 0.480 e. The zero-order chi connectivity index (χ0) is 13.0. The number of hydrogen-bond donors (Lipinski definition) is 1. The number of hydrogen-bond acceptors (Lipinski definition) is 3. The average molecular weight is 243 g/mol. The lowest BCUT2D eigenvalue weighted by Gasteiger charge is -2.41. The van der Waals surface area contributed by atoms with Crippen molar-refractivity contribution < 1.29 is 14.6 Å². The van der Waals surface area contributed by atoms with Crippen LogP contribution in [0, 0.1) is 0 Å². The number of carbonyl (C=O) groups is 1. The summed E-state index contributed by atoms with van der Waals surface area (Å²) in [6, 6.07) is 0.647. The van der Waals surface area contributed by atoms with E-state index in [2.05, 4.69) is 32.6 Å². The first-order valence-corrected chi connectivity index (χ1v) is 6.57. The summed E-state index contributed by atoms with van der Waals surface area (Å²) in [5.41, 5.74) is 0. The van der Waals surface area contributed by atoms with E-state index in [-0.39, 0.29) is 18.8 Å². The molecule has 1 aliphatic rings. The quantitative estimate of drug-likeness (QED) is 0.803.